The highest BCUT2D eigenvalue weighted by Gasteiger charge is 2.29. The molecule has 0 N–H and O–H groups in total. The molecule has 0 radical (unpaired) electrons. The van der Waals surface area contributed by atoms with Gasteiger partial charge < -0.3 is 4.90 Å². The number of amides is 1. The number of hydrogen-bond acceptors (Lipinski definition) is 4. The van der Waals surface area contributed by atoms with Gasteiger partial charge >= 0.3 is 0 Å². The molecule has 0 aliphatic carbocycles. The summed E-state index contributed by atoms with van der Waals surface area (Å²) in [4.78, 5) is 18.7. The van der Waals surface area contributed by atoms with Gasteiger partial charge in [-0.05, 0) is 17.5 Å². The minimum absolute atomic E-state index is 0.0863. The summed E-state index contributed by atoms with van der Waals surface area (Å²) in [6, 6.07) is 3.98. The van der Waals surface area contributed by atoms with E-state index in [0.29, 0.717) is 5.92 Å². The quantitative estimate of drug-likeness (QED) is 0.794. The van der Waals surface area contributed by atoms with Crippen LogP contribution in [0.15, 0.2) is 36.2 Å². The van der Waals surface area contributed by atoms with Crippen molar-refractivity contribution >= 4 is 23.3 Å². The lowest BCUT2D eigenvalue weighted by Gasteiger charge is -2.38. The van der Waals surface area contributed by atoms with Crippen molar-refractivity contribution in [2.75, 3.05) is 13.1 Å². The number of nitrogens with zero attached hydrogens (tertiary/aromatic N) is 4. The lowest BCUT2D eigenvalue weighted by molar-refractivity contribution is -0.132. The van der Waals surface area contributed by atoms with E-state index in [9.17, 15) is 4.79 Å². The fourth-order valence-corrected chi connectivity index (χ4v) is 2.72. The van der Waals surface area contributed by atoms with Gasteiger partial charge in [0.15, 0.2) is 0 Å². The van der Waals surface area contributed by atoms with Gasteiger partial charge in [0.05, 0.1) is 0 Å². The molecular formula is C13H14N4OS. The molecule has 98 valence electrons. The Morgan fingerprint density at radius 2 is 2.42 bits per heavy atom. The summed E-state index contributed by atoms with van der Waals surface area (Å²) in [5.74, 6) is 0.573. The average molecular weight is 274 g/mol. The van der Waals surface area contributed by atoms with E-state index in [1.54, 1.807) is 23.7 Å². The monoisotopic (exact) mass is 274 g/mol. The SMILES string of the molecule is O=C(/C=C/c1cccs1)N1CC(Cn2cncn2)C1. The first-order valence-corrected chi connectivity index (χ1v) is 7.02. The van der Waals surface area contributed by atoms with Crippen LogP contribution < -0.4 is 0 Å². The first-order chi connectivity index (χ1) is 9.31. The summed E-state index contributed by atoms with van der Waals surface area (Å²) in [5, 5.41) is 6.07. The Morgan fingerprint density at radius 1 is 1.53 bits per heavy atom. The normalized spacial score (nSPS) is 15.9. The minimum Gasteiger partial charge on any atom is -0.338 e. The molecule has 2 aromatic rings. The van der Waals surface area contributed by atoms with Gasteiger partial charge in [0.25, 0.3) is 0 Å². The average Bonchev–Trinajstić information content (AvgIpc) is 3.03. The Morgan fingerprint density at radius 3 is 3.11 bits per heavy atom. The van der Waals surface area contributed by atoms with Crippen molar-refractivity contribution in [3.8, 4) is 0 Å². The molecular weight excluding hydrogens is 260 g/mol. The maximum absolute atomic E-state index is 11.9. The van der Waals surface area contributed by atoms with Gasteiger partial charge in [-0.2, -0.15) is 5.10 Å². The third-order valence-electron chi connectivity index (χ3n) is 3.11. The molecule has 3 rings (SSSR count). The van der Waals surface area contributed by atoms with E-state index in [-0.39, 0.29) is 5.91 Å². The predicted molar refractivity (Wildman–Crippen MR) is 73.4 cm³/mol. The molecule has 6 heteroatoms. The molecule has 1 amide bonds. The standard InChI is InChI=1S/C13H14N4OS/c18-13(4-3-12-2-1-5-19-12)16-6-11(7-16)8-17-10-14-9-15-17/h1-5,9-11H,6-8H2/b4-3+. The van der Waals surface area contributed by atoms with Gasteiger partial charge in [-0.15, -0.1) is 11.3 Å². The molecule has 1 aliphatic heterocycles. The molecule has 0 atom stereocenters. The smallest absolute Gasteiger partial charge is 0.246 e. The van der Waals surface area contributed by atoms with Crippen LogP contribution in [0.2, 0.25) is 0 Å². The van der Waals surface area contributed by atoms with Crippen LogP contribution in [0.3, 0.4) is 0 Å². The Bertz CT molecular complexity index is 555. The predicted octanol–water partition coefficient (Wildman–Crippen LogP) is 1.51. The van der Waals surface area contributed by atoms with Crippen LogP contribution in [0.25, 0.3) is 6.08 Å². The van der Waals surface area contributed by atoms with Crippen molar-refractivity contribution in [3.05, 3.63) is 41.1 Å². The van der Waals surface area contributed by atoms with E-state index in [0.717, 1.165) is 24.5 Å². The molecule has 1 saturated heterocycles. The molecule has 19 heavy (non-hydrogen) atoms. The Labute approximate surface area is 115 Å². The topological polar surface area (TPSA) is 51.0 Å². The Kier molecular flexibility index (Phi) is 3.41. The second-order valence-electron chi connectivity index (χ2n) is 4.58. The molecule has 0 aromatic carbocycles. The van der Waals surface area contributed by atoms with E-state index >= 15 is 0 Å². The fraction of sp³-hybridized carbons (Fsp3) is 0.308. The maximum atomic E-state index is 11.9. The van der Waals surface area contributed by atoms with Crippen LogP contribution in [0.1, 0.15) is 4.88 Å². The van der Waals surface area contributed by atoms with Gasteiger partial charge in [-0.1, -0.05) is 6.07 Å². The van der Waals surface area contributed by atoms with Gasteiger partial charge in [0.1, 0.15) is 12.7 Å². The first-order valence-electron chi connectivity index (χ1n) is 6.14. The second kappa shape index (κ2) is 5.36. The third-order valence-corrected chi connectivity index (χ3v) is 3.95. The number of likely N-dealkylation sites (tertiary alicyclic amines) is 1. The van der Waals surface area contributed by atoms with Crippen molar-refractivity contribution in [1.29, 1.82) is 0 Å². The zero-order chi connectivity index (χ0) is 13.1. The van der Waals surface area contributed by atoms with Crippen LogP contribution >= 0.6 is 11.3 Å². The number of aromatic nitrogens is 3. The van der Waals surface area contributed by atoms with E-state index in [2.05, 4.69) is 10.1 Å². The molecule has 0 saturated carbocycles. The fourth-order valence-electron chi connectivity index (χ4n) is 2.10. The molecule has 1 fully saturated rings. The number of carbonyl (C=O) groups is 1. The summed E-state index contributed by atoms with van der Waals surface area (Å²) in [6.07, 6.45) is 6.77. The lowest BCUT2D eigenvalue weighted by atomic mass is 10.0. The highest BCUT2D eigenvalue weighted by molar-refractivity contribution is 7.10. The van der Waals surface area contributed by atoms with Crippen molar-refractivity contribution in [3.63, 3.8) is 0 Å². The Hall–Kier alpha value is -1.95. The molecule has 5 nitrogen and oxygen atoms in total. The van der Waals surface area contributed by atoms with E-state index < -0.39 is 0 Å². The van der Waals surface area contributed by atoms with Crippen LogP contribution in [0.4, 0.5) is 0 Å². The zero-order valence-electron chi connectivity index (χ0n) is 10.3. The van der Waals surface area contributed by atoms with Crippen LogP contribution in [-0.2, 0) is 11.3 Å². The van der Waals surface area contributed by atoms with E-state index in [1.807, 2.05) is 33.2 Å². The van der Waals surface area contributed by atoms with Gasteiger partial charge in [0.2, 0.25) is 5.91 Å². The third kappa shape index (κ3) is 2.90. The summed E-state index contributed by atoms with van der Waals surface area (Å²) < 4.78 is 1.81. The number of hydrogen-bond donors (Lipinski definition) is 0. The Balaban J connectivity index is 1.46. The van der Waals surface area contributed by atoms with Crippen molar-refractivity contribution in [2.45, 2.75) is 6.54 Å². The van der Waals surface area contributed by atoms with Crippen LogP contribution in [0, 0.1) is 5.92 Å². The molecule has 3 heterocycles. The van der Waals surface area contributed by atoms with E-state index in [4.69, 9.17) is 0 Å². The molecule has 0 unspecified atom stereocenters. The van der Waals surface area contributed by atoms with Gasteiger partial charge in [-0.3, -0.25) is 9.48 Å². The van der Waals surface area contributed by atoms with Gasteiger partial charge in [-0.25, -0.2) is 4.98 Å². The van der Waals surface area contributed by atoms with Crippen LogP contribution in [0.5, 0.6) is 0 Å². The zero-order valence-corrected chi connectivity index (χ0v) is 11.2. The molecule has 2 aromatic heterocycles. The number of carbonyl (C=O) groups excluding carboxylic acids is 1. The summed E-state index contributed by atoms with van der Waals surface area (Å²) in [5.41, 5.74) is 0. The number of thiophene rings is 1. The molecule has 0 bridgehead atoms. The minimum atomic E-state index is 0.0863. The molecule has 1 aliphatic rings. The highest BCUT2D eigenvalue weighted by atomic mass is 32.1. The second-order valence-corrected chi connectivity index (χ2v) is 5.55. The number of rotatable bonds is 4. The van der Waals surface area contributed by atoms with Gasteiger partial charge in [0, 0.05) is 36.5 Å². The maximum Gasteiger partial charge on any atom is 0.246 e. The molecule has 0 spiro atoms. The van der Waals surface area contributed by atoms with Crippen molar-refractivity contribution in [2.24, 2.45) is 5.92 Å². The largest absolute Gasteiger partial charge is 0.338 e. The summed E-state index contributed by atoms with van der Waals surface area (Å²) in [7, 11) is 0. The summed E-state index contributed by atoms with van der Waals surface area (Å²) >= 11 is 1.63. The highest BCUT2D eigenvalue weighted by Crippen LogP contribution is 2.18. The van der Waals surface area contributed by atoms with Crippen molar-refractivity contribution < 1.29 is 4.79 Å². The summed E-state index contributed by atoms with van der Waals surface area (Å²) in [6.45, 7) is 2.43. The van der Waals surface area contributed by atoms with E-state index in [1.165, 1.54) is 6.33 Å². The first kappa shape index (κ1) is 12.1. The van der Waals surface area contributed by atoms with Crippen LogP contribution in [-0.4, -0.2) is 38.7 Å². The lowest BCUT2D eigenvalue weighted by Crippen LogP contribution is -2.50. The van der Waals surface area contributed by atoms with Crippen molar-refractivity contribution in [1.82, 2.24) is 19.7 Å².